The number of ether oxygens (including phenoxy) is 1. The van der Waals surface area contributed by atoms with E-state index in [0.29, 0.717) is 12.2 Å². The molecule has 6 heteroatoms. The van der Waals surface area contributed by atoms with Gasteiger partial charge in [0.25, 0.3) is 0 Å². The highest BCUT2D eigenvalue weighted by molar-refractivity contribution is 5.90. The molecule has 6 nitrogen and oxygen atoms in total. The van der Waals surface area contributed by atoms with Crippen LogP contribution in [0.2, 0.25) is 0 Å². The maximum atomic E-state index is 12.1. The van der Waals surface area contributed by atoms with E-state index in [0.717, 1.165) is 42.5 Å². The summed E-state index contributed by atoms with van der Waals surface area (Å²) in [7, 11) is 0. The molecular weight excluding hydrogens is 340 g/mol. The van der Waals surface area contributed by atoms with E-state index in [9.17, 15) is 4.79 Å². The number of benzene rings is 1. The molecule has 2 N–H and O–H groups in total. The fraction of sp³-hybridized carbons (Fsp3) is 0.524. The van der Waals surface area contributed by atoms with Crippen molar-refractivity contribution < 1.29 is 9.53 Å². The molecule has 1 aromatic heterocycles. The van der Waals surface area contributed by atoms with E-state index in [2.05, 4.69) is 20.4 Å². The Hall–Kier alpha value is -2.34. The number of aromatic amines is 1. The highest BCUT2D eigenvalue weighted by Crippen LogP contribution is 2.30. The molecule has 2 fully saturated rings. The average molecular weight is 368 g/mol. The Morgan fingerprint density at radius 3 is 2.74 bits per heavy atom. The number of carbonyl (C=O) groups is 1. The standard InChI is InChI=1S/C21H28N4O2/c26-21(4-3-13-25-11-1-2-12-25)22-20-14-19(23-24-20)17-7-9-18(10-8-17)27-15-16-5-6-16/h7-10,14,16H,1-6,11-13,15H2,(H2,22,23,24,26). The lowest BCUT2D eigenvalue weighted by atomic mass is 10.1. The normalized spacial score (nSPS) is 17.2. The maximum Gasteiger partial charge on any atom is 0.225 e. The van der Waals surface area contributed by atoms with E-state index in [1.54, 1.807) is 0 Å². The summed E-state index contributed by atoms with van der Waals surface area (Å²) in [6.07, 6.45) is 6.59. The first-order valence-corrected chi connectivity index (χ1v) is 10.1. The minimum atomic E-state index is 0.0354. The Labute approximate surface area is 160 Å². The van der Waals surface area contributed by atoms with E-state index in [1.165, 1.54) is 38.8 Å². The largest absolute Gasteiger partial charge is 0.493 e. The Bertz CT molecular complexity index is 746. The van der Waals surface area contributed by atoms with Crippen molar-refractivity contribution in [2.75, 3.05) is 31.6 Å². The van der Waals surface area contributed by atoms with Crippen LogP contribution in [-0.2, 0) is 4.79 Å². The first-order chi connectivity index (χ1) is 13.3. The summed E-state index contributed by atoms with van der Waals surface area (Å²) in [5.74, 6) is 2.32. The van der Waals surface area contributed by atoms with Gasteiger partial charge in [-0.1, -0.05) is 0 Å². The number of aromatic nitrogens is 2. The predicted molar refractivity (Wildman–Crippen MR) is 106 cm³/mol. The topological polar surface area (TPSA) is 70.2 Å². The third kappa shape index (κ3) is 5.32. The zero-order chi connectivity index (χ0) is 18.5. The van der Waals surface area contributed by atoms with Gasteiger partial charge in [-0.3, -0.25) is 9.89 Å². The molecule has 1 amide bonds. The lowest BCUT2D eigenvalue weighted by molar-refractivity contribution is -0.116. The van der Waals surface area contributed by atoms with Crippen molar-refractivity contribution in [1.29, 1.82) is 0 Å². The Kier molecular flexibility index (Phi) is 5.72. The minimum Gasteiger partial charge on any atom is -0.493 e. The van der Waals surface area contributed by atoms with E-state index in [4.69, 9.17) is 4.74 Å². The number of amides is 1. The lowest BCUT2D eigenvalue weighted by Crippen LogP contribution is -2.22. The Balaban J connectivity index is 1.24. The molecule has 1 aromatic carbocycles. The molecule has 144 valence electrons. The van der Waals surface area contributed by atoms with Crippen LogP contribution >= 0.6 is 0 Å². The lowest BCUT2D eigenvalue weighted by Gasteiger charge is -2.13. The average Bonchev–Trinajstić information content (AvgIpc) is 3.14. The van der Waals surface area contributed by atoms with E-state index in [-0.39, 0.29) is 5.91 Å². The van der Waals surface area contributed by atoms with Crippen LogP contribution in [0.1, 0.15) is 38.5 Å². The molecule has 2 aliphatic rings. The molecular formula is C21H28N4O2. The fourth-order valence-electron chi connectivity index (χ4n) is 3.44. The number of carbonyl (C=O) groups excluding carboxylic acids is 1. The number of rotatable bonds is 9. The number of nitrogens with one attached hydrogen (secondary N) is 2. The second-order valence-electron chi connectivity index (χ2n) is 7.65. The van der Waals surface area contributed by atoms with Crippen molar-refractivity contribution in [2.45, 2.75) is 38.5 Å². The zero-order valence-corrected chi connectivity index (χ0v) is 15.7. The highest BCUT2D eigenvalue weighted by atomic mass is 16.5. The third-order valence-corrected chi connectivity index (χ3v) is 5.26. The van der Waals surface area contributed by atoms with Gasteiger partial charge in [-0.25, -0.2) is 0 Å². The molecule has 1 saturated heterocycles. The van der Waals surface area contributed by atoms with Crippen molar-refractivity contribution in [3.05, 3.63) is 30.3 Å². The summed E-state index contributed by atoms with van der Waals surface area (Å²) in [5, 5.41) is 10.1. The van der Waals surface area contributed by atoms with Gasteiger partial charge in [0.05, 0.1) is 12.3 Å². The number of hydrogen-bond donors (Lipinski definition) is 2. The molecule has 1 aliphatic heterocycles. The van der Waals surface area contributed by atoms with Crippen LogP contribution in [0.3, 0.4) is 0 Å². The van der Waals surface area contributed by atoms with Gasteiger partial charge < -0.3 is 15.0 Å². The molecule has 0 bridgehead atoms. The second kappa shape index (κ2) is 8.57. The van der Waals surface area contributed by atoms with Gasteiger partial charge in [0.15, 0.2) is 0 Å². The molecule has 1 aliphatic carbocycles. The first-order valence-electron chi connectivity index (χ1n) is 10.1. The van der Waals surface area contributed by atoms with Crippen LogP contribution in [0, 0.1) is 5.92 Å². The van der Waals surface area contributed by atoms with Crippen LogP contribution in [0.25, 0.3) is 11.3 Å². The van der Waals surface area contributed by atoms with Gasteiger partial charge in [-0.15, -0.1) is 0 Å². The summed E-state index contributed by atoms with van der Waals surface area (Å²) >= 11 is 0. The van der Waals surface area contributed by atoms with Crippen molar-refractivity contribution in [1.82, 2.24) is 15.1 Å². The number of nitrogens with zero attached hydrogens (tertiary/aromatic N) is 2. The summed E-state index contributed by atoms with van der Waals surface area (Å²) in [6, 6.07) is 9.82. The number of hydrogen-bond acceptors (Lipinski definition) is 4. The SMILES string of the molecule is O=C(CCCN1CCCC1)Nc1cc(-c2ccc(OCC3CC3)cc2)n[nH]1. The van der Waals surface area contributed by atoms with Gasteiger partial charge in [-0.2, -0.15) is 5.10 Å². The van der Waals surface area contributed by atoms with E-state index in [1.807, 2.05) is 30.3 Å². The molecule has 0 spiro atoms. The quantitative estimate of drug-likeness (QED) is 0.708. The summed E-state index contributed by atoms with van der Waals surface area (Å²) < 4.78 is 5.76. The van der Waals surface area contributed by atoms with Crippen LogP contribution < -0.4 is 10.1 Å². The molecule has 1 saturated carbocycles. The Morgan fingerprint density at radius 2 is 2.00 bits per heavy atom. The van der Waals surface area contributed by atoms with E-state index >= 15 is 0 Å². The van der Waals surface area contributed by atoms with Crippen LogP contribution in [0.15, 0.2) is 30.3 Å². The molecule has 4 rings (SSSR count). The smallest absolute Gasteiger partial charge is 0.225 e. The van der Waals surface area contributed by atoms with Gasteiger partial charge in [-0.05, 0) is 81.9 Å². The third-order valence-electron chi connectivity index (χ3n) is 5.26. The molecule has 2 heterocycles. The van der Waals surface area contributed by atoms with Crippen LogP contribution in [0.5, 0.6) is 5.75 Å². The van der Waals surface area contributed by atoms with Crippen molar-refractivity contribution in [3.63, 3.8) is 0 Å². The predicted octanol–water partition coefficient (Wildman–Crippen LogP) is 3.68. The fourth-order valence-corrected chi connectivity index (χ4v) is 3.44. The minimum absolute atomic E-state index is 0.0354. The van der Waals surface area contributed by atoms with E-state index < -0.39 is 0 Å². The van der Waals surface area contributed by atoms with Gasteiger partial charge >= 0.3 is 0 Å². The van der Waals surface area contributed by atoms with Crippen LogP contribution in [0.4, 0.5) is 5.82 Å². The molecule has 0 unspecified atom stereocenters. The van der Waals surface area contributed by atoms with Crippen molar-refractivity contribution in [3.8, 4) is 17.0 Å². The van der Waals surface area contributed by atoms with Gasteiger partial charge in [0.2, 0.25) is 5.91 Å². The maximum absolute atomic E-state index is 12.1. The number of likely N-dealkylation sites (tertiary alicyclic amines) is 1. The zero-order valence-electron chi connectivity index (χ0n) is 15.7. The number of anilines is 1. The number of H-pyrrole nitrogens is 1. The first kappa shape index (κ1) is 18.0. The molecule has 0 atom stereocenters. The van der Waals surface area contributed by atoms with Crippen molar-refractivity contribution in [2.24, 2.45) is 5.92 Å². The van der Waals surface area contributed by atoms with Gasteiger partial charge in [0, 0.05) is 18.1 Å². The van der Waals surface area contributed by atoms with Crippen molar-refractivity contribution >= 4 is 11.7 Å². The van der Waals surface area contributed by atoms with Gasteiger partial charge in [0.1, 0.15) is 11.6 Å². The van der Waals surface area contributed by atoms with Crippen LogP contribution in [-0.4, -0.2) is 47.2 Å². The monoisotopic (exact) mass is 368 g/mol. The molecule has 2 aromatic rings. The highest BCUT2D eigenvalue weighted by Gasteiger charge is 2.21. The molecule has 0 radical (unpaired) electrons. The summed E-state index contributed by atoms with van der Waals surface area (Å²) in [5.41, 5.74) is 1.82. The molecule has 27 heavy (non-hydrogen) atoms. The summed E-state index contributed by atoms with van der Waals surface area (Å²) in [4.78, 5) is 14.5. The summed E-state index contributed by atoms with van der Waals surface area (Å²) in [6.45, 7) is 4.18. The Morgan fingerprint density at radius 1 is 1.22 bits per heavy atom. The second-order valence-corrected chi connectivity index (χ2v) is 7.65.